The first-order chi connectivity index (χ1) is 15.8. The average Bonchev–Trinajstić information content (AvgIpc) is 2.79. The molecular weight excluding hydrogens is 421 g/mol. The third kappa shape index (κ3) is 3.91. The van der Waals surface area contributed by atoms with Gasteiger partial charge in [0, 0.05) is 24.1 Å². The number of urea groups is 1. The van der Waals surface area contributed by atoms with Crippen LogP contribution in [0.25, 0.3) is 0 Å². The first-order valence-corrected chi connectivity index (χ1v) is 10.9. The number of carbonyl (C=O) groups is 2. The molecule has 3 amide bonds. The highest BCUT2D eigenvalue weighted by Crippen LogP contribution is 2.45. The van der Waals surface area contributed by atoms with Crippen LogP contribution < -0.4 is 20.3 Å². The van der Waals surface area contributed by atoms with Gasteiger partial charge in [-0.2, -0.15) is 0 Å². The van der Waals surface area contributed by atoms with Crippen molar-refractivity contribution in [2.75, 3.05) is 4.90 Å². The number of aryl methyl sites for hydroxylation is 1. The third-order valence-electron chi connectivity index (χ3n) is 6.16. The van der Waals surface area contributed by atoms with Gasteiger partial charge in [0.15, 0.2) is 5.72 Å². The van der Waals surface area contributed by atoms with Crippen LogP contribution in [-0.2, 0) is 6.54 Å². The van der Waals surface area contributed by atoms with Gasteiger partial charge in [0.25, 0.3) is 5.91 Å². The number of nitrogens with one attached hydrogen (secondary N) is 2. The molecule has 5 rings (SSSR count). The van der Waals surface area contributed by atoms with Crippen molar-refractivity contribution in [1.82, 2.24) is 10.6 Å². The van der Waals surface area contributed by atoms with Gasteiger partial charge in [-0.1, -0.05) is 35.9 Å². The summed E-state index contributed by atoms with van der Waals surface area (Å²) in [6.07, 6.45) is 0.580. The summed E-state index contributed by atoms with van der Waals surface area (Å²) in [6, 6.07) is 18.4. The summed E-state index contributed by atoms with van der Waals surface area (Å²) < 4.78 is 19.4. The van der Waals surface area contributed by atoms with Crippen molar-refractivity contribution in [3.63, 3.8) is 0 Å². The van der Waals surface area contributed by atoms with Crippen LogP contribution in [0.4, 0.5) is 14.9 Å². The third-order valence-corrected chi connectivity index (χ3v) is 6.16. The fraction of sp³-hybridized carbons (Fsp3) is 0.231. The Bertz CT molecular complexity index is 1240. The minimum atomic E-state index is -0.890. The first-order valence-electron chi connectivity index (χ1n) is 10.9. The van der Waals surface area contributed by atoms with Gasteiger partial charge in [-0.3, -0.25) is 9.69 Å². The Morgan fingerprint density at radius 2 is 1.97 bits per heavy atom. The van der Waals surface area contributed by atoms with Crippen molar-refractivity contribution in [2.45, 2.75) is 38.6 Å². The molecule has 0 unspecified atom stereocenters. The predicted molar refractivity (Wildman–Crippen MR) is 123 cm³/mol. The Balaban J connectivity index is 1.39. The molecule has 3 aromatic rings. The van der Waals surface area contributed by atoms with E-state index in [2.05, 4.69) is 10.6 Å². The monoisotopic (exact) mass is 445 g/mol. The highest BCUT2D eigenvalue weighted by Gasteiger charge is 2.49. The number of carbonyl (C=O) groups excluding carboxylic acids is 2. The highest BCUT2D eigenvalue weighted by atomic mass is 19.1. The number of hydrogen-bond donors (Lipinski definition) is 2. The van der Waals surface area contributed by atoms with Crippen molar-refractivity contribution in [3.8, 4) is 5.75 Å². The topological polar surface area (TPSA) is 70.7 Å². The number of nitrogens with zero attached hydrogens (tertiary/aromatic N) is 1. The first kappa shape index (κ1) is 21.0. The predicted octanol–water partition coefficient (Wildman–Crippen LogP) is 4.83. The zero-order valence-corrected chi connectivity index (χ0v) is 18.4. The normalized spacial score (nSPS) is 21.0. The molecule has 2 N–H and O–H groups in total. The fourth-order valence-electron chi connectivity index (χ4n) is 4.56. The van der Waals surface area contributed by atoms with E-state index in [1.807, 2.05) is 32.0 Å². The number of benzene rings is 3. The standard InChI is InChI=1S/C26H24FN3O3/c1-16-6-11-23-21(12-16)22-14-26(2,33-23)30(25(32)29-22)20-5-3-4-18(13-20)24(31)28-15-17-7-9-19(27)10-8-17/h3-13,22H,14-15H2,1-2H3,(H,28,31)(H,29,32)/t22-,26-/m1/s1. The lowest BCUT2D eigenvalue weighted by Gasteiger charge is -2.50. The molecule has 7 heteroatoms. The number of anilines is 1. The Labute approximate surface area is 191 Å². The molecule has 1 saturated heterocycles. The van der Waals surface area contributed by atoms with E-state index in [1.165, 1.54) is 12.1 Å². The highest BCUT2D eigenvalue weighted by molar-refractivity contribution is 5.99. The van der Waals surface area contributed by atoms with Gasteiger partial charge >= 0.3 is 6.03 Å². The number of amides is 3. The molecular formula is C26H24FN3O3. The Morgan fingerprint density at radius 1 is 1.18 bits per heavy atom. The second-order valence-corrected chi connectivity index (χ2v) is 8.72. The van der Waals surface area contributed by atoms with Gasteiger partial charge in [0.2, 0.25) is 0 Å². The molecule has 0 aliphatic carbocycles. The van der Waals surface area contributed by atoms with Crippen LogP contribution in [0, 0.1) is 12.7 Å². The summed E-state index contributed by atoms with van der Waals surface area (Å²) in [5.74, 6) is 0.139. The zero-order valence-electron chi connectivity index (χ0n) is 18.4. The molecule has 2 aliphatic rings. The molecule has 0 spiro atoms. The van der Waals surface area contributed by atoms with E-state index >= 15 is 0 Å². The number of halogens is 1. The Kier molecular flexibility index (Phi) is 5.04. The number of hydrogen-bond acceptors (Lipinski definition) is 3. The smallest absolute Gasteiger partial charge is 0.325 e. The largest absolute Gasteiger partial charge is 0.467 e. The van der Waals surface area contributed by atoms with Gasteiger partial charge in [0.05, 0.1) is 11.7 Å². The van der Waals surface area contributed by atoms with E-state index in [0.717, 1.165) is 22.4 Å². The molecule has 2 aliphatic heterocycles. The second-order valence-electron chi connectivity index (χ2n) is 8.72. The Morgan fingerprint density at radius 3 is 2.76 bits per heavy atom. The lowest BCUT2D eigenvalue weighted by atomic mass is 9.89. The summed E-state index contributed by atoms with van der Waals surface area (Å²) in [5, 5.41) is 5.92. The van der Waals surface area contributed by atoms with Crippen LogP contribution >= 0.6 is 0 Å². The van der Waals surface area contributed by atoms with Crippen LogP contribution in [0.15, 0.2) is 66.7 Å². The van der Waals surface area contributed by atoms with Crippen LogP contribution in [0.1, 0.15) is 46.4 Å². The van der Waals surface area contributed by atoms with Crippen molar-refractivity contribution < 1.29 is 18.7 Å². The van der Waals surface area contributed by atoms with Gasteiger partial charge in [-0.05, 0) is 55.8 Å². The fourth-order valence-corrected chi connectivity index (χ4v) is 4.56. The summed E-state index contributed by atoms with van der Waals surface area (Å²) in [7, 11) is 0. The zero-order chi connectivity index (χ0) is 23.2. The molecule has 6 nitrogen and oxygen atoms in total. The van der Waals surface area contributed by atoms with E-state index in [1.54, 1.807) is 41.3 Å². The molecule has 0 radical (unpaired) electrons. The van der Waals surface area contributed by atoms with E-state index in [0.29, 0.717) is 17.7 Å². The summed E-state index contributed by atoms with van der Waals surface area (Å²) in [6.45, 7) is 4.17. The van der Waals surface area contributed by atoms with Crippen molar-refractivity contribution in [1.29, 1.82) is 0 Å². The molecule has 2 bridgehead atoms. The van der Waals surface area contributed by atoms with Gasteiger partial charge in [-0.25, -0.2) is 9.18 Å². The molecule has 3 aromatic carbocycles. The summed E-state index contributed by atoms with van der Waals surface area (Å²) in [5.41, 5.74) is 2.97. The van der Waals surface area contributed by atoms with E-state index in [9.17, 15) is 14.0 Å². The minimum Gasteiger partial charge on any atom is -0.467 e. The maximum atomic E-state index is 13.1. The maximum absolute atomic E-state index is 13.1. The second kappa shape index (κ2) is 7.92. The maximum Gasteiger partial charge on any atom is 0.325 e. The van der Waals surface area contributed by atoms with Crippen LogP contribution in [0.2, 0.25) is 0 Å². The molecule has 2 atom stereocenters. The van der Waals surface area contributed by atoms with Crippen LogP contribution in [-0.4, -0.2) is 17.7 Å². The molecule has 168 valence electrons. The number of fused-ring (bicyclic) bond motifs is 4. The average molecular weight is 445 g/mol. The molecule has 0 aromatic heterocycles. The van der Waals surface area contributed by atoms with E-state index < -0.39 is 5.72 Å². The Hall–Kier alpha value is -3.87. The van der Waals surface area contributed by atoms with Crippen LogP contribution in [0.3, 0.4) is 0 Å². The number of ether oxygens (including phenoxy) is 1. The van der Waals surface area contributed by atoms with Gasteiger partial charge < -0.3 is 15.4 Å². The SMILES string of the molecule is Cc1ccc2c(c1)[C@H]1C[C@@](C)(O2)N(c2cccc(C(=O)NCc3ccc(F)cc3)c2)C(=O)N1. The molecule has 2 heterocycles. The van der Waals surface area contributed by atoms with E-state index in [4.69, 9.17) is 4.74 Å². The van der Waals surface area contributed by atoms with Crippen molar-refractivity contribution >= 4 is 17.6 Å². The quantitative estimate of drug-likeness (QED) is 0.604. The van der Waals surface area contributed by atoms with Gasteiger partial charge in [-0.15, -0.1) is 0 Å². The summed E-state index contributed by atoms with van der Waals surface area (Å²) >= 11 is 0. The summed E-state index contributed by atoms with van der Waals surface area (Å²) in [4.78, 5) is 27.5. The molecule has 0 saturated carbocycles. The lowest BCUT2D eigenvalue weighted by Crippen LogP contribution is -2.65. The lowest BCUT2D eigenvalue weighted by molar-refractivity contribution is 0.0378. The van der Waals surface area contributed by atoms with E-state index in [-0.39, 0.29) is 30.3 Å². The molecule has 33 heavy (non-hydrogen) atoms. The van der Waals surface area contributed by atoms with Crippen molar-refractivity contribution in [2.24, 2.45) is 0 Å². The molecule has 1 fully saturated rings. The van der Waals surface area contributed by atoms with Crippen molar-refractivity contribution in [3.05, 3.63) is 94.8 Å². The number of rotatable bonds is 4. The minimum absolute atomic E-state index is 0.135. The van der Waals surface area contributed by atoms with Gasteiger partial charge in [0.1, 0.15) is 11.6 Å². The van der Waals surface area contributed by atoms with Crippen LogP contribution in [0.5, 0.6) is 5.75 Å².